The van der Waals surface area contributed by atoms with Crippen molar-refractivity contribution in [2.75, 3.05) is 0 Å². The Hall–Kier alpha value is -4.59. The number of hydrogen-bond donors (Lipinski definition) is 0. The number of carbonyl (C=O) groups is 2. The van der Waals surface area contributed by atoms with Gasteiger partial charge in [-0.1, -0.05) is 49.6 Å². The Morgan fingerprint density at radius 1 is 0.714 bits per heavy atom. The van der Waals surface area contributed by atoms with Crippen LogP contribution in [-0.2, 0) is 20.5 Å². The number of carbonyl (C=O) groups excluding carboxylic acids is 2. The molecule has 0 aliphatic heterocycles. The van der Waals surface area contributed by atoms with Crippen molar-refractivity contribution >= 4 is 11.9 Å². The smallest absolute Gasteiger partial charge is 0.417 e. The molecule has 0 fully saturated rings. The molecule has 0 bridgehead atoms. The van der Waals surface area contributed by atoms with Crippen LogP contribution in [0.3, 0.4) is 0 Å². The van der Waals surface area contributed by atoms with Crippen molar-refractivity contribution in [2.45, 2.75) is 6.18 Å². The van der Waals surface area contributed by atoms with Gasteiger partial charge in [0, 0.05) is 12.2 Å². The highest BCUT2D eigenvalue weighted by atomic mass is 19.4. The van der Waals surface area contributed by atoms with Crippen LogP contribution in [0.25, 0.3) is 22.3 Å². The van der Waals surface area contributed by atoms with E-state index < -0.39 is 23.7 Å². The minimum absolute atomic E-state index is 0.000196. The van der Waals surface area contributed by atoms with Crippen LogP contribution >= 0.6 is 0 Å². The number of esters is 2. The van der Waals surface area contributed by atoms with E-state index in [4.69, 9.17) is 9.47 Å². The first-order chi connectivity index (χ1) is 16.7. The quantitative estimate of drug-likeness (QED) is 0.155. The lowest BCUT2D eigenvalue weighted by atomic mass is 9.94. The van der Waals surface area contributed by atoms with Crippen LogP contribution in [-0.4, -0.2) is 11.9 Å². The third kappa shape index (κ3) is 6.70. The standard InChI is InChI=1S/C27H19F3O5/c1-3-25(31)34-16-15-33-21-10-7-19(8-11-21)23-14-9-20(17-24(23)27(28,29)30)18-5-12-22(13-6-18)35-26(32)4-2/h3-17H,1-2H2/b16-15-. The van der Waals surface area contributed by atoms with E-state index in [1.165, 1.54) is 42.5 Å². The van der Waals surface area contributed by atoms with Crippen molar-refractivity contribution in [3.63, 3.8) is 0 Å². The lowest BCUT2D eigenvalue weighted by Gasteiger charge is -2.15. The highest BCUT2D eigenvalue weighted by molar-refractivity contribution is 5.83. The predicted molar refractivity (Wildman–Crippen MR) is 124 cm³/mol. The van der Waals surface area contributed by atoms with E-state index in [1.54, 1.807) is 18.2 Å². The number of ether oxygens (including phenoxy) is 3. The first-order valence-corrected chi connectivity index (χ1v) is 10.1. The summed E-state index contributed by atoms with van der Waals surface area (Å²) < 4.78 is 56.6. The van der Waals surface area contributed by atoms with Crippen LogP contribution in [0.15, 0.2) is 105 Å². The van der Waals surface area contributed by atoms with Crippen molar-refractivity contribution < 1.29 is 37.0 Å². The molecule has 0 atom stereocenters. The molecule has 0 saturated heterocycles. The average Bonchev–Trinajstić information content (AvgIpc) is 2.86. The molecule has 0 N–H and O–H groups in total. The number of benzene rings is 3. The van der Waals surface area contributed by atoms with Gasteiger partial charge in [0.2, 0.25) is 0 Å². The number of hydrogen-bond acceptors (Lipinski definition) is 5. The minimum atomic E-state index is -4.60. The summed E-state index contributed by atoms with van der Waals surface area (Å²) >= 11 is 0. The van der Waals surface area contributed by atoms with E-state index in [0.29, 0.717) is 22.4 Å². The molecule has 0 heterocycles. The Morgan fingerprint density at radius 2 is 1.29 bits per heavy atom. The van der Waals surface area contributed by atoms with Gasteiger partial charge in [-0.25, -0.2) is 9.59 Å². The molecule has 0 saturated carbocycles. The van der Waals surface area contributed by atoms with E-state index in [1.807, 2.05) is 0 Å². The summed E-state index contributed by atoms with van der Waals surface area (Å²) in [6.07, 6.45) is -0.459. The lowest BCUT2D eigenvalue weighted by molar-refractivity contribution is -0.137. The minimum Gasteiger partial charge on any atom is -0.462 e. The zero-order valence-corrected chi connectivity index (χ0v) is 18.2. The van der Waals surface area contributed by atoms with E-state index in [9.17, 15) is 22.8 Å². The predicted octanol–water partition coefficient (Wildman–Crippen LogP) is 6.71. The van der Waals surface area contributed by atoms with Crippen molar-refractivity contribution in [2.24, 2.45) is 0 Å². The van der Waals surface area contributed by atoms with Gasteiger partial charge in [0.05, 0.1) is 5.56 Å². The summed E-state index contributed by atoms with van der Waals surface area (Å²) in [6, 6.07) is 16.1. The fourth-order valence-corrected chi connectivity index (χ4v) is 3.05. The maximum atomic E-state index is 13.9. The van der Waals surface area contributed by atoms with Gasteiger partial charge in [0.1, 0.15) is 24.0 Å². The Kier molecular flexibility index (Phi) is 7.88. The molecule has 178 valence electrons. The largest absolute Gasteiger partial charge is 0.462 e. The Balaban J connectivity index is 1.84. The number of rotatable bonds is 8. The van der Waals surface area contributed by atoms with Crippen molar-refractivity contribution in [1.29, 1.82) is 0 Å². The molecule has 3 aromatic carbocycles. The summed E-state index contributed by atoms with van der Waals surface area (Å²) in [5, 5.41) is 0. The monoisotopic (exact) mass is 480 g/mol. The molecule has 0 aromatic heterocycles. The van der Waals surface area contributed by atoms with Crippen molar-refractivity contribution in [3.8, 4) is 33.8 Å². The second kappa shape index (κ2) is 11.0. The summed E-state index contributed by atoms with van der Waals surface area (Å²) in [6.45, 7) is 6.56. The molecule has 3 aromatic rings. The average molecular weight is 480 g/mol. The third-order valence-electron chi connectivity index (χ3n) is 4.67. The Bertz CT molecular complexity index is 1260. The SMILES string of the molecule is C=CC(=O)O/C=C\Oc1ccc(-c2ccc(-c3ccc(OC(=O)C=C)cc3)cc2C(F)(F)F)cc1. The Morgan fingerprint density at radius 3 is 1.89 bits per heavy atom. The molecule has 35 heavy (non-hydrogen) atoms. The highest BCUT2D eigenvalue weighted by Gasteiger charge is 2.34. The van der Waals surface area contributed by atoms with Gasteiger partial charge in [-0.2, -0.15) is 13.2 Å². The van der Waals surface area contributed by atoms with Gasteiger partial charge in [-0.3, -0.25) is 0 Å². The van der Waals surface area contributed by atoms with Crippen LogP contribution in [0.5, 0.6) is 11.5 Å². The van der Waals surface area contributed by atoms with Gasteiger partial charge in [0.25, 0.3) is 0 Å². The van der Waals surface area contributed by atoms with Crippen molar-refractivity contribution in [1.82, 2.24) is 0 Å². The lowest BCUT2D eigenvalue weighted by Crippen LogP contribution is -2.07. The molecular formula is C27H19F3O5. The van der Waals surface area contributed by atoms with Gasteiger partial charge in [0.15, 0.2) is 0 Å². The zero-order chi connectivity index (χ0) is 25.4. The van der Waals surface area contributed by atoms with E-state index in [0.717, 1.165) is 30.7 Å². The number of halogens is 3. The van der Waals surface area contributed by atoms with Gasteiger partial charge in [-0.15, -0.1) is 0 Å². The van der Waals surface area contributed by atoms with Crippen LogP contribution in [0.2, 0.25) is 0 Å². The highest BCUT2D eigenvalue weighted by Crippen LogP contribution is 2.40. The fourth-order valence-electron chi connectivity index (χ4n) is 3.05. The summed E-state index contributed by atoms with van der Waals surface area (Å²) in [4.78, 5) is 22.2. The number of alkyl halides is 3. The molecule has 5 nitrogen and oxygen atoms in total. The van der Waals surface area contributed by atoms with Gasteiger partial charge >= 0.3 is 18.1 Å². The first-order valence-electron chi connectivity index (χ1n) is 10.1. The molecule has 0 aliphatic carbocycles. The molecule has 0 amide bonds. The molecule has 0 spiro atoms. The zero-order valence-electron chi connectivity index (χ0n) is 18.2. The van der Waals surface area contributed by atoms with E-state index >= 15 is 0 Å². The second-order valence-corrected chi connectivity index (χ2v) is 6.96. The normalized spacial score (nSPS) is 11.1. The molecule has 8 heteroatoms. The van der Waals surface area contributed by atoms with Crippen LogP contribution in [0.1, 0.15) is 5.56 Å². The van der Waals surface area contributed by atoms with Crippen LogP contribution < -0.4 is 9.47 Å². The maximum absolute atomic E-state index is 13.9. The van der Waals surface area contributed by atoms with Crippen LogP contribution in [0, 0.1) is 0 Å². The van der Waals surface area contributed by atoms with Gasteiger partial charge in [-0.05, 0) is 52.6 Å². The first kappa shape index (κ1) is 25.0. The molecular weight excluding hydrogens is 461 g/mol. The Labute approximate surface area is 199 Å². The molecule has 0 radical (unpaired) electrons. The topological polar surface area (TPSA) is 61.8 Å². The molecule has 3 rings (SSSR count). The van der Waals surface area contributed by atoms with Crippen LogP contribution in [0.4, 0.5) is 13.2 Å². The fraction of sp³-hybridized carbons (Fsp3) is 0.0370. The molecule has 0 unspecified atom stereocenters. The van der Waals surface area contributed by atoms with E-state index in [-0.39, 0.29) is 11.3 Å². The summed E-state index contributed by atoms with van der Waals surface area (Å²) in [5.41, 5.74) is 0.404. The summed E-state index contributed by atoms with van der Waals surface area (Å²) in [7, 11) is 0. The molecule has 0 aliphatic rings. The maximum Gasteiger partial charge on any atom is 0.417 e. The second-order valence-electron chi connectivity index (χ2n) is 6.96. The van der Waals surface area contributed by atoms with Gasteiger partial charge < -0.3 is 14.2 Å². The van der Waals surface area contributed by atoms with E-state index in [2.05, 4.69) is 17.9 Å². The van der Waals surface area contributed by atoms with Crippen molar-refractivity contribution in [3.05, 3.63) is 110 Å². The third-order valence-corrected chi connectivity index (χ3v) is 4.67. The summed E-state index contributed by atoms with van der Waals surface area (Å²) in [5.74, 6) is -0.704.